The number of hydrogen-bond acceptors (Lipinski definition) is 5. The highest BCUT2D eigenvalue weighted by atomic mass is 16.5. The molecule has 0 unspecified atom stereocenters. The lowest BCUT2D eigenvalue weighted by molar-refractivity contribution is -0.147. The number of ether oxygens (including phenoxy) is 1. The van der Waals surface area contributed by atoms with Crippen molar-refractivity contribution >= 4 is 11.6 Å². The molecule has 2 saturated carbocycles. The summed E-state index contributed by atoms with van der Waals surface area (Å²) < 4.78 is 5.89. The fourth-order valence-electron chi connectivity index (χ4n) is 4.62. The molecule has 1 aromatic carbocycles. The lowest BCUT2D eigenvalue weighted by atomic mass is 9.75. The zero-order valence-electron chi connectivity index (χ0n) is 19.5. The first-order valence-electron chi connectivity index (χ1n) is 11.7. The van der Waals surface area contributed by atoms with Crippen LogP contribution < -0.4 is 9.64 Å². The maximum absolute atomic E-state index is 12.5. The predicted molar refractivity (Wildman–Crippen MR) is 127 cm³/mol. The molecule has 2 aliphatic rings. The Morgan fingerprint density at radius 2 is 1.91 bits per heavy atom. The average Bonchev–Trinajstić information content (AvgIpc) is 2.74. The van der Waals surface area contributed by atoms with E-state index in [2.05, 4.69) is 17.1 Å². The number of aliphatic hydroxyl groups is 1. The summed E-state index contributed by atoms with van der Waals surface area (Å²) in [5.41, 5.74) is 2.23. The fourth-order valence-corrected chi connectivity index (χ4v) is 4.62. The second-order valence-electron chi connectivity index (χ2n) is 9.72. The normalized spacial score (nSPS) is 22.6. The van der Waals surface area contributed by atoms with Gasteiger partial charge in [0.15, 0.2) is 0 Å². The van der Waals surface area contributed by atoms with Gasteiger partial charge in [-0.05, 0) is 17.9 Å². The van der Waals surface area contributed by atoms with Crippen molar-refractivity contribution in [1.82, 2.24) is 9.88 Å². The van der Waals surface area contributed by atoms with Crippen molar-refractivity contribution in [2.75, 3.05) is 32.6 Å². The van der Waals surface area contributed by atoms with Crippen LogP contribution >= 0.6 is 0 Å². The number of nitrogens with zero attached hydrogens (tertiary/aromatic N) is 3. The summed E-state index contributed by atoms with van der Waals surface area (Å²) in [5.74, 6) is 1.43. The summed E-state index contributed by atoms with van der Waals surface area (Å²) in [6, 6.07) is 12.1. The topological polar surface area (TPSA) is 65.9 Å². The van der Waals surface area contributed by atoms with Gasteiger partial charge in [-0.3, -0.25) is 4.79 Å². The van der Waals surface area contributed by atoms with Crippen molar-refractivity contribution in [2.45, 2.75) is 56.6 Å². The largest absolute Gasteiger partial charge is 0.475 e. The maximum atomic E-state index is 12.5. The minimum Gasteiger partial charge on any atom is -0.475 e. The van der Waals surface area contributed by atoms with E-state index in [1.807, 2.05) is 61.4 Å². The van der Waals surface area contributed by atoms with E-state index in [1.165, 1.54) is 19.3 Å². The van der Waals surface area contributed by atoms with E-state index in [-0.39, 0.29) is 18.6 Å². The Morgan fingerprint density at radius 3 is 2.53 bits per heavy atom. The van der Waals surface area contributed by atoms with Gasteiger partial charge in [-0.2, -0.15) is 0 Å². The molecule has 0 atom stereocenters. The zero-order chi connectivity index (χ0) is 22.7. The van der Waals surface area contributed by atoms with Crippen molar-refractivity contribution in [1.29, 1.82) is 0 Å². The van der Waals surface area contributed by atoms with E-state index in [0.29, 0.717) is 25.1 Å². The maximum Gasteiger partial charge on any atom is 0.222 e. The number of anilines is 1. The number of rotatable bonds is 9. The first-order valence-corrected chi connectivity index (χ1v) is 11.7. The van der Waals surface area contributed by atoms with Crippen LogP contribution in [0.25, 0.3) is 11.1 Å². The smallest absolute Gasteiger partial charge is 0.222 e. The number of amides is 1. The summed E-state index contributed by atoms with van der Waals surface area (Å²) in [5, 5.41) is 10.8. The van der Waals surface area contributed by atoms with Crippen LogP contribution in [0, 0.1) is 5.92 Å². The highest BCUT2D eigenvalue weighted by molar-refractivity contribution is 5.78. The molecule has 2 aromatic rings. The Kier molecular flexibility index (Phi) is 6.70. The lowest BCUT2D eigenvalue weighted by Crippen LogP contribution is -2.58. The van der Waals surface area contributed by atoms with E-state index < -0.39 is 5.60 Å². The van der Waals surface area contributed by atoms with Gasteiger partial charge >= 0.3 is 0 Å². The van der Waals surface area contributed by atoms with Gasteiger partial charge in [-0.15, -0.1) is 0 Å². The molecule has 0 bridgehead atoms. The van der Waals surface area contributed by atoms with Gasteiger partial charge in [0.05, 0.1) is 5.69 Å². The standard InChI is InChI=1S/C26H35N3O3/c1-28(2)23-14-24(27-17-22(23)20-10-5-4-6-11-20)32-18-26(31)15-21(16-26)29(3)25(30)13-12-19-8-7-9-19/h4-6,10-11,14,17,19,21,31H,7-9,12-13,15-16,18H2,1-3H3. The molecule has 1 amide bonds. The van der Waals surface area contributed by atoms with Gasteiger partial charge in [-0.1, -0.05) is 49.6 Å². The number of pyridine rings is 1. The molecule has 4 rings (SSSR count). The first-order chi connectivity index (χ1) is 15.3. The molecule has 172 valence electrons. The monoisotopic (exact) mass is 437 g/mol. The van der Waals surface area contributed by atoms with Crippen LogP contribution in [0.3, 0.4) is 0 Å². The van der Waals surface area contributed by atoms with Crippen LogP contribution in [0.15, 0.2) is 42.6 Å². The second-order valence-corrected chi connectivity index (χ2v) is 9.72. The van der Waals surface area contributed by atoms with Crippen LogP contribution in [0.5, 0.6) is 5.88 Å². The molecule has 32 heavy (non-hydrogen) atoms. The number of carbonyl (C=O) groups is 1. The lowest BCUT2D eigenvalue weighted by Gasteiger charge is -2.47. The van der Waals surface area contributed by atoms with E-state index in [0.717, 1.165) is 29.2 Å². The molecule has 6 heteroatoms. The SMILES string of the molecule is CN(C)c1cc(OCC2(O)CC(N(C)C(=O)CCC3CCC3)C2)ncc1-c1ccccc1. The molecule has 1 aromatic heterocycles. The van der Waals surface area contributed by atoms with Crippen LogP contribution in [0.2, 0.25) is 0 Å². The summed E-state index contributed by atoms with van der Waals surface area (Å²) in [7, 11) is 5.85. The molecule has 1 N–H and O–H groups in total. The van der Waals surface area contributed by atoms with Gasteiger partial charge in [0.25, 0.3) is 0 Å². The molecular weight excluding hydrogens is 402 g/mol. The quantitative estimate of drug-likeness (QED) is 0.639. The minimum atomic E-state index is -0.911. The third-order valence-corrected chi connectivity index (χ3v) is 7.08. The molecule has 2 aliphatic carbocycles. The zero-order valence-corrected chi connectivity index (χ0v) is 19.5. The van der Waals surface area contributed by atoms with Gasteiger partial charge < -0.3 is 19.6 Å². The van der Waals surface area contributed by atoms with Crippen LogP contribution in [-0.4, -0.2) is 60.3 Å². The highest BCUT2D eigenvalue weighted by Gasteiger charge is 2.46. The third kappa shape index (κ3) is 5.07. The summed E-state index contributed by atoms with van der Waals surface area (Å²) in [4.78, 5) is 20.8. The third-order valence-electron chi connectivity index (χ3n) is 7.08. The Morgan fingerprint density at radius 1 is 1.19 bits per heavy atom. The Balaban J connectivity index is 1.31. The second kappa shape index (κ2) is 9.49. The van der Waals surface area contributed by atoms with E-state index in [4.69, 9.17) is 4.74 Å². The van der Waals surface area contributed by atoms with Crippen molar-refractivity contribution < 1.29 is 14.6 Å². The first kappa shape index (κ1) is 22.6. The molecule has 0 saturated heterocycles. The Hall–Kier alpha value is -2.60. The van der Waals surface area contributed by atoms with Crippen molar-refractivity contribution in [2.24, 2.45) is 5.92 Å². The fraction of sp³-hybridized carbons (Fsp3) is 0.538. The van der Waals surface area contributed by atoms with Crippen LogP contribution in [-0.2, 0) is 4.79 Å². The van der Waals surface area contributed by atoms with Gasteiger partial charge in [0.2, 0.25) is 11.8 Å². The molecule has 6 nitrogen and oxygen atoms in total. The number of carbonyl (C=O) groups excluding carboxylic acids is 1. The molecule has 1 heterocycles. The van der Waals surface area contributed by atoms with Crippen LogP contribution in [0.1, 0.15) is 44.9 Å². The molecule has 0 aliphatic heterocycles. The Bertz CT molecular complexity index is 921. The number of aromatic nitrogens is 1. The highest BCUT2D eigenvalue weighted by Crippen LogP contribution is 2.38. The van der Waals surface area contributed by atoms with Crippen molar-refractivity contribution in [3.05, 3.63) is 42.6 Å². The van der Waals surface area contributed by atoms with Crippen molar-refractivity contribution in [3.63, 3.8) is 0 Å². The summed E-state index contributed by atoms with van der Waals surface area (Å²) in [6.45, 7) is 0.179. The molecular formula is C26H35N3O3. The van der Waals surface area contributed by atoms with Crippen LogP contribution in [0.4, 0.5) is 5.69 Å². The van der Waals surface area contributed by atoms with Gasteiger partial charge in [0.1, 0.15) is 12.2 Å². The van der Waals surface area contributed by atoms with E-state index in [9.17, 15) is 9.90 Å². The van der Waals surface area contributed by atoms with E-state index in [1.54, 1.807) is 0 Å². The number of hydrogen-bond donors (Lipinski definition) is 1. The summed E-state index contributed by atoms with van der Waals surface area (Å²) in [6.07, 6.45) is 8.38. The van der Waals surface area contributed by atoms with Gasteiger partial charge in [0, 0.05) is 64.3 Å². The van der Waals surface area contributed by atoms with Crippen molar-refractivity contribution in [3.8, 4) is 17.0 Å². The predicted octanol–water partition coefficient (Wildman–Crippen LogP) is 4.13. The molecule has 0 spiro atoms. The summed E-state index contributed by atoms with van der Waals surface area (Å²) >= 11 is 0. The molecule has 2 fully saturated rings. The van der Waals surface area contributed by atoms with Gasteiger partial charge in [-0.25, -0.2) is 4.98 Å². The Labute approximate surface area is 191 Å². The van der Waals surface area contributed by atoms with E-state index >= 15 is 0 Å². The average molecular weight is 438 g/mol. The minimum absolute atomic E-state index is 0.0863. The number of benzene rings is 1. The molecule has 0 radical (unpaired) electrons.